The molecular formula is C35H41BrN4O4S2. The van der Waals surface area contributed by atoms with E-state index >= 15 is 0 Å². The lowest BCUT2D eigenvalue weighted by Crippen LogP contribution is -2.44. The van der Waals surface area contributed by atoms with Gasteiger partial charge in [0.2, 0.25) is 5.91 Å². The third kappa shape index (κ3) is 6.67. The van der Waals surface area contributed by atoms with Gasteiger partial charge < -0.3 is 15.7 Å². The summed E-state index contributed by atoms with van der Waals surface area (Å²) in [6.45, 7) is 10.1. The molecule has 2 atom stereocenters. The van der Waals surface area contributed by atoms with Crippen LogP contribution in [0, 0.1) is 6.92 Å². The van der Waals surface area contributed by atoms with Gasteiger partial charge in [0.15, 0.2) is 5.78 Å². The summed E-state index contributed by atoms with van der Waals surface area (Å²) in [7, 11) is -2.46. The van der Waals surface area contributed by atoms with Crippen molar-refractivity contribution in [3.05, 3.63) is 81.8 Å². The number of carbonyl (C=O) groups excluding carboxylic acids is 3. The molecule has 1 unspecified atom stereocenters. The summed E-state index contributed by atoms with van der Waals surface area (Å²) in [6.07, 6.45) is -0.239. The zero-order chi connectivity index (χ0) is 33.4. The number of hydrogen-bond acceptors (Lipinski definition) is 7. The smallest absolute Gasteiger partial charge is 0.259 e. The summed E-state index contributed by atoms with van der Waals surface area (Å²) in [5.41, 5.74) is 1.57. The number of fused-ring (bicyclic) bond motifs is 2. The minimum Gasteiger partial charge on any atom is -0.392 e. The first-order valence-corrected chi connectivity index (χ1v) is 18.8. The highest BCUT2D eigenvalue weighted by Crippen LogP contribution is 2.62. The number of nitrogens with one attached hydrogen (secondary N) is 2. The van der Waals surface area contributed by atoms with Crippen molar-refractivity contribution >= 4 is 75.9 Å². The number of hydrogen-bond donors (Lipinski definition) is 4. The fourth-order valence-electron chi connectivity index (χ4n) is 5.97. The van der Waals surface area contributed by atoms with Crippen molar-refractivity contribution in [1.29, 1.82) is 0 Å². The van der Waals surface area contributed by atoms with E-state index < -0.39 is 21.9 Å². The molecule has 8 nitrogen and oxygen atoms in total. The van der Waals surface area contributed by atoms with Gasteiger partial charge in [-0.2, -0.15) is 0 Å². The Hall–Kier alpha value is -3.06. The number of nitrogens with zero attached hydrogens (tertiary/aromatic N) is 1. The molecule has 0 bridgehead atoms. The lowest BCUT2D eigenvalue weighted by Gasteiger charge is -2.39. The number of para-hydroxylation sites is 1. The number of carbonyl (C=O) groups is 3. The number of rotatable bonds is 10. The van der Waals surface area contributed by atoms with Gasteiger partial charge in [-0.15, -0.1) is 21.6 Å². The third-order valence-corrected chi connectivity index (χ3v) is 13.8. The van der Waals surface area contributed by atoms with Gasteiger partial charge in [0.05, 0.1) is 16.3 Å². The van der Waals surface area contributed by atoms with Crippen molar-refractivity contribution in [1.82, 2.24) is 5.32 Å². The molecule has 0 aliphatic carbocycles. The average Bonchev–Trinajstić information content (AvgIpc) is 3.27. The Morgan fingerprint density at radius 2 is 1.80 bits per heavy atom. The number of benzene rings is 3. The van der Waals surface area contributed by atoms with E-state index in [4.69, 9.17) is 5.14 Å². The van der Waals surface area contributed by atoms with Crippen LogP contribution >= 0.6 is 37.5 Å². The van der Waals surface area contributed by atoms with Gasteiger partial charge in [0.1, 0.15) is 5.00 Å². The molecule has 1 aliphatic heterocycles. The van der Waals surface area contributed by atoms with E-state index in [-0.39, 0.29) is 30.4 Å². The largest absolute Gasteiger partial charge is 0.392 e. The highest BCUT2D eigenvalue weighted by atomic mass is 79.9. The molecule has 0 spiro atoms. The van der Waals surface area contributed by atoms with Crippen molar-refractivity contribution in [3.63, 3.8) is 0 Å². The Kier molecular flexibility index (Phi) is 10.1. The molecule has 3 aromatic carbocycles. The summed E-state index contributed by atoms with van der Waals surface area (Å²) in [5.74, 6) is -0.124. The summed E-state index contributed by atoms with van der Waals surface area (Å²) >= 11 is 5.29. The molecule has 0 saturated heterocycles. The van der Waals surface area contributed by atoms with E-state index in [0.717, 1.165) is 24.5 Å². The van der Waals surface area contributed by atoms with Crippen molar-refractivity contribution in [3.8, 4) is 0 Å². The van der Waals surface area contributed by atoms with E-state index in [9.17, 15) is 19.5 Å². The number of β-amino-alcohol motifs (C(OH)–C–C–N with tert-alkyl or cyclic N) is 1. The number of halogens is 1. The van der Waals surface area contributed by atoms with Crippen LogP contribution in [0.2, 0.25) is 0 Å². The fraction of sp³-hybridized carbons (Fsp3) is 0.343. The number of aliphatic hydroxyl groups is 1. The van der Waals surface area contributed by atoms with Crippen molar-refractivity contribution in [2.45, 2.75) is 68.9 Å². The lowest BCUT2D eigenvalue weighted by molar-refractivity contribution is -0.115. The first-order valence-electron chi connectivity index (χ1n) is 15.3. The Balaban J connectivity index is 1.67. The quantitative estimate of drug-likeness (QED) is 0.126. The van der Waals surface area contributed by atoms with E-state index in [2.05, 4.69) is 26.6 Å². The molecule has 0 fully saturated rings. The molecule has 46 heavy (non-hydrogen) atoms. The van der Waals surface area contributed by atoms with E-state index in [1.807, 2.05) is 76.2 Å². The molecule has 4 aromatic rings. The second-order valence-electron chi connectivity index (χ2n) is 12.4. The number of Topliss-reactive ketones (excluding diaryl/α,β-unsaturated/α-hetero) is 1. The van der Waals surface area contributed by atoms with Crippen LogP contribution in [0.15, 0.2) is 74.9 Å². The SMILES string of the molecule is CCN(C(=O)c1ccc(C(=O)CC(C)(C)NC[C@@H](C)O)c(S2(N)CCC(=O)Nc3ccccc32)c1C)c1sc2ccccc2c1Br. The zero-order valence-electron chi connectivity index (χ0n) is 26.8. The third-order valence-electron chi connectivity index (χ3n) is 8.31. The first kappa shape index (κ1) is 34.3. The molecule has 244 valence electrons. The summed E-state index contributed by atoms with van der Waals surface area (Å²) in [5, 5.41) is 25.5. The molecule has 1 aliphatic rings. The average molecular weight is 726 g/mol. The van der Waals surface area contributed by atoms with Gasteiger partial charge in [-0.1, -0.05) is 30.3 Å². The lowest BCUT2D eigenvalue weighted by atomic mass is 9.92. The highest BCUT2D eigenvalue weighted by molar-refractivity contribution is 9.10. The minimum atomic E-state index is -2.46. The first-order chi connectivity index (χ1) is 21.8. The standard InChI is InChI=1S/C35H41BrN4O4S2/c1-6-40(34-31(36)25-11-7-9-13-28(25)45-34)33(44)23-15-16-24(27(42)19-35(4,5)38-20-21(2)41)32(22(23)3)46(37)18-17-30(43)39-26-12-8-10-14-29(26)46/h7-16,21,38,41H,6,17-20,37H2,1-5H3,(H,39,43)/t21-/m1/s1. The predicted molar refractivity (Wildman–Crippen MR) is 194 cm³/mol. The molecule has 0 radical (unpaired) electrons. The summed E-state index contributed by atoms with van der Waals surface area (Å²) in [6, 6.07) is 19.0. The van der Waals surface area contributed by atoms with E-state index in [0.29, 0.717) is 46.1 Å². The van der Waals surface area contributed by atoms with Gasteiger partial charge >= 0.3 is 0 Å². The second-order valence-corrected chi connectivity index (χ2v) is 17.1. The van der Waals surface area contributed by atoms with Crippen LogP contribution < -0.4 is 20.7 Å². The molecule has 1 aromatic heterocycles. The maximum absolute atomic E-state index is 14.5. The fourth-order valence-corrected chi connectivity index (χ4v) is 11.3. The second kappa shape index (κ2) is 13.6. The zero-order valence-corrected chi connectivity index (χ0v) is 30.0. The van der Waals surface area contributed by atoms with Crippen LogP contribution in [0.3, 0.4) is 0 Å². The van der Waals surface area contributed by atoms with Crippen LogP contribution in [-0.2, 0) is 4.79 Å². The number of aliphatic hydroxyl groups excluding tert-OH is 1. The van der Waals surface area contributed by atoms with Crippen molar-refractivity contribution < 1.29 is 19.5 Å². The number of ketones is 1. The summed E-state index contributed by atoms with van der Waals surface area (Å²) in [4.78, 5) is 44.7. The van der Waals surface area contributed by atoms with Gasteiger partial charge in [0.25, 0.3) is 5.91 Å². The van der Waals surface area contributed by atoms with Gasteiger partial charge in [-0.05, 0) is 86.4 Å². The Bertz CT molecular complexity index is 1820. The maximum Gasteiger partial charge on any atom is 0.259 e. The van der Waals surface area contributed by atoms with Crippen LogP contribution in [-0.4, -0.2) is 53.2 Å². The molecule has 2 heterocycles. The number of nitrogens with two attached hydrogens (primary N) is 1. The molecule has 5 N–H and O–H groups in total. The molecule has 5 rings (SSSR count). The monoisotopic (exact) mass is 724 g/mol. The molecule has 0 saturated carbocycles. The van der Waals surface area contributed by atoms with Crippen LogP contribution in [0.1, 0.15) is 66.8 Å². The Labute approximate surface area is 284 Å². The van der Waals surface area contributed by atoms with E-state index in [1.165, 1.54) is 0 Å². The number of amides is 2. The minimum absolute atomic E-state index is 0.127. The Morgan fingerprint density at radius 1 is 1.13 bits per heavy atom. The normalized spacial score (nSPS) is 18.7. The van der Waals surface area contributed by atoms with Crippen molar-refractivity contribution in [2.24, 2.45) is 5.14 Å². The van der Waals surface area contributed by atoms with Crippen LogP contribution in [0.5, 0.6) is 0 Å². The summed E-state index contributed by atoms with van der Waals surface area (Å²) < 4.78 is 1.93. The van der Waals surface area contributed by atoms with Crippen LogP contribution in [0.4, 0.5) is 10.7 Å². The Morgan fingerprint density at radius 3 is 2.50 bits per heavy atom. The van der Waals surface area contributed by atoms with Gasteiger partial charge in [0, 0.05) is 68.2 Å². The highest BCUT2D eigenvalue weighted by Gasteiger charge is 2.38. The number of anilines is 2. The maximum atomic E-state index is 14.5. The molecular weight excluding hydrogens is 684 g/mol. The van der Waals surface area contributed by atoms with Gasteiger partial charge in [-0.3, -0.25) is 24.4 Å². The van der Waals surface area contributed by atoms with Crippen molar-refractivity contribution in [2.75, 3.05) is 29.1 Å². The number of thiophene rings is 1. The topological polar surface area (TPSA) is 125 Å². The molecule has 11 heteroatoms. The van der Waals surface area contributed by atoms with E-state index in [1.54, 1.807) is 35.3 Å². The molecule has 2 amide bonds. The predicted octanol–water partition coefficient (Wildman–Crippen LogP) is 7.40. The van der Waals surface area contributed by atoms with Gasteiger partial charge in [-0.25, -0.2) is 0 Å². The van der Waals surface area contributed by atoms with Crippen LogP contribution in [0.25, 0.3) is 10.1 Å².